The average Bonchev–Trinajstić information content (AvgIpc) is 2.27. The first-order valence-corrected chi connectivity index (χ1v) is 8.91. The first-order valence-electron chi connectivity index (χ1n) is 5.96. The predicted molar refractivity (Wildman–Crippen MR) is 76.0 cm³/mol. The number of benzene rings is 2. The van der Waals surface area contributed by atoms with Gasteiger partial charge in [-0.3, -0.25) is 0 Å². The third kappa shape index (κ3) is 2.75. The van der Waals surface area contributed by atoms with Gasteiger partial charge in [0.05, 0.1) is 0 Å². The van der Waals surface area contributed by atoms with E-state index in [0.717, 1.165) is 11.6 Å². The van der Waals surface area contributed by atoms with Gasteiger partial charge in [-0.05, 0) is 47.6 Å². The zero-order chi connectivity index (χ0) is 12.5. The molecule has 2 nitrogen and oxygen atoms in total. The zero-order valence-electron chi connectivity index (χ0n) is 10.4. The van der Waals surface area contributed by atoms with E-state index in [-0.39, 0.29) is 0 Å². The van der Waals surface area contributed by atoms with Crippen molar-refractivity contribution in [1.29, 1.82) is 0 Å². The van der Waals surface area contributed by atoms with Crippen molar-refractivity contribution in [3.05, 3.63) is 42.0 Å². The molecule has 90 valence electrons. The van der Waals surface area contributed by atoms with Gasteiger partial charge in [-0.1, -0.05) is 36.4 Å². The summed E-state index contributed by atoms with van der Waals surface area (Å²) in [5, 5.41) is 3.49. The minimum Gasteiger partial charge on any atom is -0.428 e. The van der Waals surface area contributed by atoms with Crippen LogP contribution in [0.2, 0.25) is 13.1 Å². The number of fused-ring (bicyclic) bond motifs is 1. The van der Waals surface area contributed by atoms with Crippen molar-refractivity contribution in [3.8, 4) is 0 Å². The van der Waals surface area contributed by atoms with E-state index in [2.05, 4.69) is 30.3 Å². The van der Waals surface area contributed by atoms with Gasteiger partial charge in [-0.2, -0.15) is 0 Å². The second-order valence-corrected chi connectivity index (χ2v) is 8.69. The molecule has 3 N–H and O–H groups in total. The largest absolute Gasteiger partial charge is 0.428 e. The maximum Gasteiger partial charge on any atom is 0.213 e. The molecule has 2 rings (SSSR count). The van der Waals surface area contributed by atoms with Crippen LogP contribution in [0.3, 0.4) is 0 Å². The fourth-order valence-corrected chi connectivity index (χ4v) is 3.00. The second kappa shape index (κ2) is 4.60. The average molecular weight is 245 g/mol. The van der Waals surface area contributed by atoms with Crippen LogP contribution >= 0.6 is 0 Å². The topological polar surface area (TPSA) is 46.2 Å². The van der Waals surface area contributed by atoms with Crippen molar-refractivity contribution < 1.29 is 4.80 Å². The third-order valence-electron chi connectivity index (χ3n) is 3.04. The highest BCUT2D eigenvalue weighted by Gasteiger charge is 2.19. The Morgan fingerprint density at radius 3 is 2.35 bits per heavy atom. The van der Waals surface area contributed by atoms with E-state index >= 15 is 0 Å². The van der Waals surface area contributed by atoms with E-state index in [0.29, 0.717) is 6.54 Å². The lowest BCUT2D eigenvalue weighted by Gasteiger charge is -2.15. The molecule has 0 aliphatic carbocycles. The normalized spacial score (nSPS) is 12.0. The first-order chi connectivity index (χ1) is 8.00. The van der Waals surface area contributed by atoms with Crippen LogP contribution in [0.5, 0.6) is 0 Å². The molecule has 0 unspecified atom stereocenters. The molecule has 0 saturated carbocycles. The Morgan fingerprint density at radius 1 is 1.06 bits per heavy atom. The van der Waals surface area contributed by atoms with Crippen LogP contribution in [0, 0.1) is 0 Å². The van der Waals surface area contributed by atoms with E-state index in [1.807, 2.05) is 19.2 Å². The van der Waals surface area contributed by atoms with Crippen LogP contribution in [-0.2, 0) is 6.42 Å². The van der Waals surface area contributed by atoms with E-state index in [1.165, 1.54) is 16.3 Å². The lowest BCUT2D eigenvalue weighted by molar-refractivity contribution is 0.568. The Kier molecular flexibility index (Phi) is 3.33. The minimum absolute atomic E-state index is 0.681. The molecule has 0 saturated heterocycles. The molecule has 0 aliphatic heterocycles. The van der Waals surface area contributed by atoms with Crippen LogP contribution in [0.25, 0.3) is 10.8 Å². The number of hydrogen-bond donors (Lipinski definition) is 2. The van der Waals surface area contributed by atoms with Gasteiger partial charge in [-0.25, -0.2) is 0 Å². The molecule has 0 amide bonds. The smallest absolute Gasteiger partial charge is 0.213 e. The van der Waals surface area contributed by atoms with Crippen molar-refractivity contribution >= 4 is 24.3 Å². The maximum absolute atomic E-state index is 10.1. The number of nitrogens with two attached hydrogens (primary N) is 1. The summed E-state index contributed by atoms with van der Waals surface area (Å²) in [4.78, 5) is 10.1. The minimum atomic E-state index is -2.20. The summed E-state index contributed by atoms with van der Waals surface area (Å²) in [5.41, 5.74) is 6.83. The zero-order valence-corrected chi connectivity index (χ0v) is 11.4. The summed E-state index contributed by atoms with van der Waals surface area (Å²) in [6, 6.07) is 12.6. The predicted octanol–water partition coefficient (Wildman–Crippen LogP) is 1.75. The molecule has 0 spiro atoms. The van der Waals surface area contributed by atoms with Gasteiger partial charge >= 0.3 is 0 Å². The summed E-state index contributed by atoms with van der Waals surface area (Å²) in [6.07, 6.45) is 0.915. The molecule has 0 heterocycles. The summed E-state index contributed by atoms with van der Waals surface area (Å²) in [5.74, 6) is 0. The van der Waals surface area contributed by atoms with E-state index < -0.39 is 8.32 Å². The Morgan fingerprint density at radius 2 is 1.71 bits per heavy atom. The summed E-state index contributed by atoms with van der Waals surface area (Å²) >= 11 is 0. The second-order valence-electron chi connectivity index (χ2n) is 4.99. The molecule has 0 aromatic heterocycles. The van der Waals surface area contributed by atoms with Gasteiger partial charge in [0.1, 0.15) is 0 Å². The maximum atomic E-state index is 10.1. The van der Waals surface area contributed by atoms with Crippen LogP contribution in [0.15, 0.2) is 36.4 Å². The summed E-state index contributed by atoms with van der Waals surface area (Å²) in [7, 11) is -2.20. The molecule has 2 aromatic rings. The molecular weight excluding hydrogens is 226 g/mol. The first kappa shape index (κ1) is 12.3. The standard InChI is InChI=1S/C14H19NOSi/c1-17(2,16)14-6-5-12-9-11(7-8-15)3-4-13(12)10-14/h3-6,9-10,16H,7-8,15H2,1-2H3. The van der Waals surface area contributed by atoms with E-state index in [1.54, 1.807) is 0 Å². The van der Waals surface area contributed by atoms with Crippen molar-refractivity contribution in [1.82, 2.24) is 0 Å². The van der Waals surface area contributed by atoms with Crippen molar-refractivity contribution in [2.45, 2.75) is 19.5 Å². The highest BCUT2D eigenvalue weighted by atomic mass is 28.4. The fraction of sp³-hybridized carbons (Fsp3) is 0.286. The van der Waals surface area contributed by atoms with Crippen LogP contribution in [0.1, 0.15) is 5.56 Å². The molecule has 0 bridgehead atoms. The highest BCUT2D eigenvalue weighted by molar-refractivity contribution is 6.83. The SMILES string of the molecule is C[Si](C)(O)c1ccc2cc(CCN)ccc2c1. The quantitative estimate of drug-likeness (QED) is 0.809. The van der Waals surface area contributed by atoms with Gasteiger partial charge in [0.25, 0.3) is 0 Å². The summed E-state index contributed by atoms with van der Waals surface area (Å²) < 4.78 is 0. The Hall–Kier alpha value is -1.16. The lowest BCUT2D eigenvalue weighted by Crippen LogP contribution is -2.41. The Labute approximate surface area is 103 Å². The van der Waals surface area contributed by atoms with Gasteiger partial charge in [0.15, 0.2) is 0 Å². The molecule has 0 fully saturated rings. The molecular formula is C14H19NOSi. The highest BCUT2D eigenvalue weighted by Crippen LogP contribution is 2.16. The molecule has 3 heteroatoms. The van der Waals surface area contributed by atoms with Crippen LogP contribution < -0.4 is 10.9 Å². The van der Waals surface area contributed by atoms with Crippen LogP contribution in [0.4, 0.5) is 0 Å². The Balaban J connectivity index is 2.47. The van der Waals surface area contributed by atoms with Crippen molar-refractivity contribution in [2.75, 3.05) is 6.54 Å². The van der Waals surface area contributed by atoms with Gasteiger partial charge in [0, 0.05) is 0 Å². The molecule has 0 radical (unpaired) electrons. The molecule has 0 atom stereocenters. The lowest BCUT2D eigenvalue weighted by atomic mass is 10.1. The van der Waals surface area contributed by atoms with Crippen molar-refractivity contribution in [2.24, 2.45) is 5.73 Å². The van der Waals surface area contributed by atoms with Gasteiger partial charge in [-0.15, -0.1) is 0 Å². The number of hydrogen-bond acceptors (Lipinski definition) is 2. The van der Waals surface area contributed by atoms with Gasteiger partial charge in [0.2, 0.25) is 8.32 Å². The molecule has 2 aromatic carbocycles. The monoisotopic (exact) mass is 245 g/mol. The molecule has 0 aliphatic rings. The van der Waals surface area contributed by atoms with E-state index in [9.17, 15) is 4.80 Å². The van der Waals surface area contributed by atoms with Crippen LogP contribution in [-0.4, -0.2) is 19.7 Å². The van der Waals surface area contributed by atoms with E-state index in [4.69, 9.17) is 5.73 Å². The third-order valence-corrected chi connectivity index (χ3v) is 4.77. The number of rotatable bonds is 3. The molecule has 17 heavy (non-hydrogen) atoms. The fourth-order valence-electron chi connectivity index (χ4n) is 2.00. The van der Waals surface area contributed by atoms with Crippen molar-refractivity contribution in [3.63, 3.8) is 0 Å². The Bertz CT molecular complexity index is 531. The van der Waals surface area contributed by atoms with Gasteiger partial charge < -0.3 is 10.5 Å². The summed E-state index contributed by atoms with van der Waals surface area (Å²) in [6.45, 7) is 4.56.